The van der Waals surface area contributed by atoms with Crippen LogP contribution in [-0.2, 0) is 14.6 Å². The molecule has 0 rings (SSSR count). The molecule has 6 nitrogen and oxygen atoms in total. The normalized spacial score (nSPS) is 16.7. The summed E-state index contributed by atoms with van der Waals surface area (Å²) in [6.45, 7) is 6.74. The van der Waals surface area contributed by atoms with Gasteiger partial charge in [0, 0.05) is 6.61 Å². The molecule has 3 atom stereocenters. The Morgan fingerprint density at radius 3 is 2.35 bits per heavy atom. The summed E-state index contributed by atoms with van der Waals surface area (Å²) < 4.78 is 0. The SMILES string of the molecule is CCCCC(C(=O)O)C(C)OOC(C)(C)C(O)CCO. The fourth-order valence-electron chi connectivity index (χ4n) is 1.78. The standard InChI is InChI=1S/C14H28O6/c1-5-6-7-11(13(17)18)10(2)19-20-14(3,4)12(16)8-9-15/h10-12,15-16H,5-9H2,1-4H3,(H,17,18). The summed E-state index contributed by atoms with van der Waals surface area (Å²) in [6.07, 6.45) is 0.913. The van der Waals surface area contributed by atoms with Gasteiger partial charge in [0.1, 0.15) is 11.7 Å². The molecule has 120 valence electrons. The molecule has 0 radical (unpaired) electrons. The van der Waals surface area contributed by atoms with Gasteiger partial charge in [0.15, 0.2) is 0 Å². The van der Waals surface area contributed by atoms with E-state index in [9.17, 15) is 15.0 Å². The summed E-state index contributed by atoms with van der Waals surface area (Å²) in [7, 11) is 0. The van der Waals surface area contributed by atoms with Crippen molar-refractivity contribution in [1.82, 2.24) is 0 Å². The van der Waals surface area contributed by atoms with Gasteiger partial charge in [0.2, 0.25) is 0 Å². The number of aliphatic hydroxyl groups excluding tert-OH is 2. The minimum Gasteiger partial charge on any atom is -0.481 e. The minimum atomic E-state index is -1.01. The first-order valence-corrected chi connectivity index (χ1v) is 7.12. The second-order valence-electron chi connectivity index (χ2n) is 5.60. The van der Waals surface area contributed by atoms with Crippen molar-refractivity contribution in [3.63, 3.8) is 0 Å². The Morgan fingerprint density at radius 2 is 1.90 bits per heavy atom. The highest BCUT2D eigenvalue weighted by molar-refractivity contribution is 5.70. The summed E-state index contributed by atoms with van der Waals surface area (Å²) in [4.78, 5) is 21.6. The molecule has 3 unspecified atom stereocenters. The Balaban J connectivity index is 4.42. The number of aliphatic carboxylic acids is 1. The van der Waals surface area contributed by atoms with Crippen LogP contribution in [-0.4, -0.2) is 45.7 Å². The number of unbranched alkanes of at least 4 members (excludes halogenated alkanes) is 1. The fraction of sp³-hybridized carbons (Fsp3) is 0.929. The topological polar surface area (TPSA) is 96.2 Å². The van der Waals surface area contributed by atoms with Crippen molar-refractivity contribution in [2.45, 2.75) is 71.2 Å². The van der Waals surface area contributed by atoms with Crippen molar-refractivity contribution in [1.29, 1.82) is 0 Å². The molecule has 0 heterocycles. The second kappa shape index (κ2) is 9.28. The molecular weight excluding hydrogens is 264 g/mol. The van der Waals surface area contributed by atoms with Crippen molar-refractivity contribution in [2.24, 2.45) is 5.92 Å². The van der Waals surface area contributed by atoms with Gasteiger partial charge < -0.3 is 15.3 Å². The summed E-state index contributed by atoms with van der Waals surface area (Å²) in [5.74, 6) is -1.55. The lowest BCUT2D eigenvalue weighted by Crippen LogP contribution is -2.41. The second-order valence-corrected chi connectivity index (χ2v) is 5.60. The van der Waals surface area contributed by atoms with Crippen LogP contribution in [0.25, 0.3) is 0 Å². The van der Waals surface area contributed by atoms with Crippen LogP contribution in [0.5, 0.6) is 0 Å². The zero-order valence-corrected chi connectivity index (χ0v) is 12.8. The maximum Gasteiger partial charge on any atom is 0.309 e. The van der Waals surface area contributed by atoms with Crippen molar-refractivity contribution in [2.75, 3.05) is 6.61 Å². The molecule has 0 spiro atoms. The van der Waals surface area contributed by atoms with E-state index in [1.807, 2.05) is 6.92 Å². The lowest BCUT2D eigenvalue weighted by molar-refractivity contribution is -0.394. The van der Waals surface area contributed by atoms with Crippen molar-refractivity contribution in [3.05, 3.63) is 0 Å². The van der Waals surface area contributed by atoms with Crippen molar-refractivity contribution >= 4 is 5.97 Å². The van der Waals surface area contributed by atoms with E-state index in [1.165, 1.54) is 0 Å². The van der Waals surface area contributed by atoms with Gasteiger partial charge in [-0.1, -0.05) is 19.8 Å². The number of rotatable bonds is 11. The number of hydrogen-bond donors (Lipinski definition) is 3. The van der Waals surface area contributed by atoms with E-state index < -0.39 is 29.7 Å². The van der Waals surface area contributed by atoms with E-state index in [1.54, 1.807) is 20.8 Å². The number of carboxylic acid groups (broad SMARTS) is 1. The van der Waals surface area contributed by atoms with E-state index in [2.05, 4.69) is 0 Å². The zero-order valence-electron chi connectivity index (χ0n) is 12.8. The average molecular weight is 292 g/mol. The van der Waals surface area contributed by atoms with E-state index in [4.69, 9.17) is 14.9 Å². The molecule has 0 aliphatic rings. The van der Waals surface area contributed by atoms with Crippen LogP contribution >= 0.6 is 0 Å². The molecule has 0 aromatic rings. The first-order valence-electron chi connectivity index (χ1n) is 7.12. The van der Waals surface area contributed by atoms with Gasteiger partial charge >= 0.3 is 5.97 Å². The molecule has 0 aliphatic carbocycles. The van der Waals surface area contributed by atoms with Crippen LogP contribution in [0, 0.1) is 5.92 Å². The van der Waals surface area contributed by atoms with E-state index in [0.29, 0.717) is 6.42 Å². The molecule has 0 bridgehead atoms. The lowest BCUT2D eigenvalue weighted by Gasteiger charge is -2.31. The molecule has 0 aliphatic heterocycles. The quantitative estimate of drug-likeness (QED) is 0.396. The van der Waals surface area contributed by atoms with Crippen LogP contribution in [0.1, 0.15) is 53.4 Å². The largest absolute Gasteiger partial charge is 0.481 e. The Hall–Kier alpha value is -0.690. The van der Waals surface area contributed by atoms with Crippen LogP contribution < -0.4 is 0 Å². The molecule has 0 saturated heterocycles. The Bertz CT molecular complexity index is 279. The van der Waals surface area contributed by atoms with Crippen molar-refractivity contribution in [3.8, 4) is 0 Å². The Labute approximate surface area is 120 Å². The third kappa shape index (κ3) is 6.65. The molecule has 0 amide bonds. The molecular formula is C14H28O6. The monoisotopic (exact) mass is 292 g/mol. The van der Waals surface area contributed by atoms with Crippen molar-refractivity contribution < 1.29 is 29.9 Å². The minimum absolute atomic E-state index is 0.155. The summed E-state index contributed by atoms with van der Waals surface area (Å²) in [6, 6.07) is 0. The van der Waals surface area contributed by atoms with Crippen LogP contribution in [0.3, 0.4) is 0 Å². The number of carboxylic acids is 1. The number of hydrogen-bond acceptors (Lipinski definition) is 5. The third-order valence-corrected chi connectivity index (χ3v) is 3.37. The maximum atomic E-state index is 11.2. The van der Waals surface area contributed by atoms with Gasteiger partial charge in [0.25, 0.3) is 0 Å². The van der Waals surface area contributed by atoms with E-state index in [0.717, 1.165) is 12.8 Å². The van der Waals surface area contributed by atoms with Gasteiger partial charge in [-0.25, -0.2) is 9.78 Å². The molecule has 6 heteroatoms. The highest BCUT2D eigenvalue weighted by Crippen LogP contribution is 2.22. The van der Waals surface area contributed by atoms with Gasteiger partial charge in [-0.15, -0.1) is 0 Å². The molecule has 0 aromatic heterocycles. The highest BCUT2D eigenvalue weighted by atomic mass is 17.2. The maximum absolute atomic E-state index is 11.2. The molecule has 0 fully saturated rings. The predicted octanol–water partition coefficient (Wildman–Crippen LogP) is 1.74. The smallest absolute Gasteiger partial charge is 0.309 e. The fourth-order valence-corrected chi connectivity index (χ4v) is 1.78. The Morgan fingerprint density at radius 1 is 1.30 bits per heavy atom. The molecule has 0 saturated carbocycles. The number of aliphatic hydroxyl groups is 2. The summed E-state index contributed by atoms with van der Waals surface area (Å²) in [5.41, 5.74) is -1.01. The highest BCUT2D eigenvalue weighted by Gasteiger charge is 2.33. The van der Waals surface area contributed by atoms with E-state index in [-0.39, 0.29) is 13.0 Å². The first-order chi connectivity index (χ1) is 9.26. The lowest BCUT2D eigenvalue weighted by atomic mass is 9.97. The molecule has 3 N–H and O–H groups in total. The van der Waals surface area contributed by atoms with Gasteiger partial charge in [-0.05, 0) is 33.6 Å². The van der Waals surface area contributed by atoms with Gasteiger partial charge in [0.05, 0.1) is 12.0 Å². The van der Waals surface area contributed by atoms with E-state index >= 15 is 0 Å². The number of carbonyl (C=O) groups is 1. The predicted molar refractivity (Wildman–Crippen MR) is 74.1 cm³/mol. The Kier molecular flexibility index (Phi) is 8.96. The molecule has 0 aromatic carbocycles. The van der Waals surface area contributed by atoms with Crippen LogP contribution in [0.15, 0.2) is 0 Å². The first kappa shape index (κ1) is 19.3. The van der Waals surface area contributed by atoms with Crippen LogP contribution in [0.2, 0.25) is 0 Å². The van der Waals surface area contributed by atoms with Gasteiger partial charge in [-0.3, -0.25) is 4.79 Å². The summed E-state index contributed by atoms with van der Waals surface area (Å²) >= 11 is 0. The summed E-state index contributed by atoms with van der Waals surface area (Å²) in [5, 5.41) is 27.8. The zero-order chi connectivity index (χ0) is 15.8. The van der Waals surface area contributed by atoms with Gasteiger partial charge in [-0.2, -0.15) is 0 Å². The molecule has 20 heavy (non-hydrogen) atoms. The third-order valence-electron chi connectivity index (χ3n) is 3.37. The van der Waals surface area contributed by atoms with Crippen LogP contribution in [0.4, 0.5) is 0 Å². The average Bonchev–Trinajstić information content (AvgIpc) is 2.36.